The predicted molar refractivity (Wildman–Crippen MR) is 118 cm³/mol. The van der Waals surface area contributed by atoms with Crippen molar-refractivity contribution in [2.24, 2.45) is 5.92 Å². The van der Waals surface area contributed by atoms with Gasteiger partial charge in [-0.25, -0.2) is 15.0 Å². The number of amides is 1. The highest BCUT2D eigenvalue weighted by molar-refractivity contribution is 6.33. The van der Waals surface area contributed by atoms with Crippen LogP contribution in [0.3, 0.4) is 0 Å². The zero-order valence-electron chi connectivity index (χ0n) is 16.9. The molecule has 1 N–H and O–H groups in total. The highest BCUT2D eigenvalue weighted by Crippen LogP contribution is 2.30. The van der Waals surface area contributed by atoms with Crippen molar-refractivity contribution in [2.75, 3.05) is 23.3 Å². The number of benzene rings is 1. The number of carbonyl (C=O) groups excluding carboxylic acids is 1. The molecule has 7 nitrogen and oxygen atoms in total. The minimum Gasteiger partial charge on any atom is -0.355 e. The number of anilines is 2. The Kier molecular flexibility index (Phi) is 5.29. The average Bonchev–Trinajstić information content (AvgIpc) is 2.96. The van der Waals surface area contributed by atoms with Crippen molar-refractivity contribution < 1.29 is 4.79 Å². The van der Waals surface area contributed by atoms with E-state index in [9.17, 15) is 4.79 Å². The maximum Gasteiger partial charge on any atom is 0.227 e. The number of hydrogen-bond acceptors (Lipinski definition) is 5. The van der Waals surface area contributed by atoms with E-state index in [1.165, 1.54) is 19.3 Å². The molecule has 0 aliphatic carbocycles. The van der Waals surface area contributed by atoms with E-state index in [1.54, 1.807) is 12.4 Å². The van der Waals surface area contributed by atoms with Crippen LogP contribution in [0.15, 0.2) is 30.6 Å². The SMILES string of the molecule is O=C(Nc1ccccc1Cl)C1CCN(c2ncnc3c2nc2n3CCCCC2)CC1. The van der Waals surface area contributed by atoms with Gasteiger partial charge >= 0.3 is 0 Å². The largest absolute Gasteiger partial charge is 0.355 e. The number of para-hydroxylation sites is 1. The Hall–Kier alpha value is -2.67. The van der Waals surface area contributed by atoms with Crippen LogP contribution in [0.5, 0.6) is 0 Å². The molecule has 1 saturated heterocycles. The lowest BCUT2D eigenvalue weighted by molar-refractivity contribution is -0.120. The van der Waals surface area contributed by atoms with Crippen LogP contribution in [-0.4, -0.2) is 38.5 Å². The highest BCUT2D eigenvalue weighted by atomic mass is 35.5. The molecule has 4 heterocycles. The lowest BCUT2D eigenvalue weighted by Gasteiger charge is -2.32. The van der Waals surface area contributed by atoms with Gasteiger partial charge in [0.25, 0.3) is 0 Å². The molecule has 0 unspecified atom stereocenters. The Labute approximate surface area is 180 Å². The molecule has 3 aromatic rings. The second-order valence-corrected chi connectivity index (χ2v) is 8.50. The Balaban J connectivity index is 1.30. The van der Waals surface area contributed by atoms with Crippen molar-refractivity contribution in [2.45, 2.75) is 45.1 Å². The van der Waals surface area contributed by atoms with E-state index < -0.39 is 0 Å². The second kappa shape index (κ2) is 8.22. The van der Waals surface area contributed by atoms with Crippen molar-refractivity contribution in [1.82, 2.24) is 19.5 Å². The summed E-state index contributed by atoms with van der Waals surface area (Å²) in [7, 11) is 0. The fraction of sp³-hybridized carbons (Fsp3) is 0.455. The van der Waals surface area contributed by atoms with E-state index in [-0.39, 0.29) is 11.8 Å². The van der Waals surface area contributed by atoms with Crippen LogP contribution >= 0.6 is 11.6 Å². The fourth-order valence-corrected chi connectivity index (χ4v) is 4.69. The standard InChI is InChI=1S/C22H25ClN6O/c23-16-6-3-4-7-17(16)26-22(30)15-9-12-28(13-10-15)20-19-21(25-14-24-20)29-11-5-1-2-8-18(29)27-19/h3-4,6-7,14-15H,1-2,5,8-13H2,(H,26,30). The van der Waals surface area contributed by atoms with E-state index in [0.717, 1.165) is 61.7 Å². The van der Waals surface area contributed by atoms with Crippen LogP contribution in [0.4, 0.5) is 11.5 Å². The van der Waals surface area contributed by atoms with Crippen LogP contribution in [0.1, 0.15) is 37.9 Å². The summed E-state index contributed by atoms with van der Waals surface area (Å²) in [4.78, 5) is 29.0. The van der Waals surface area contributed by atoms with E-state index in [4.69, 9.17) is 16.6 Å². The third kappa shape index (κ3) is 3.62. The number of fused-ring (bicyclic) bond motifs is 3. The molecule has 156 valence electrons. The van der Waals surface area contributed by atoms with Crippen LogP contribution in [0, 0.1) is 5.92 Å². The van der Waals surface area contributed by atoms with Crippen molar-refractivity contribution in [3.63, 3.8) is 0 Å². The first-order valence-electron chi connectivity index (χ1n) is 10.7. The first-order valence-corrected chi connectivity index (χ1v) is 11.1. The molecule has 30 heavy (non-hydrogen) atoms. The molecule has 5 rings (SSSR count). The van der Waals surface area contributed by atoms with Crippen LogP contribution < -0.4 is 10.2 Å². The molecule has 0 bridgehead atoms. The van der Waals surface area contributed by atoms with Gasteiger partial charge in [0.1, 0.15) is 12.2 Å². The van der Waals surface area contributed by atoms with Gasteiger partial charge < -0.3 is 14.8 Å². The van der Waals surface area contributed by atoms with Crippen LogP contribution in [-0.2, 0) is 17.8 Å². The summed E-state index contributed by atoms with van der Waals surface area (Å²) in [6, 6.07) is 7.34. The van der Waals surface area contributed by atoms with E-state index in [0.29, 0.717) is 10.7 Å². The Morgan fingerprint density at radius 1 is 1.07 bits per heavy atom. The van der Waals surface area contributed by atoms with Gasteiger partial charge in [0.05, 0.1) is 10.7 Å². The van der Waals surface area contributed by atoms with E-state index in [2.05, 4.69) is 24.8 Å². The molecular formula is C22H25ClN6O. The van der Waals surface area contributed by atoms with Gasteiger partial charge in [-0.1, -0.05) is 30.2 Å². The van der Waals surface area contributed by atoms with Gasteiger partial charge in [-0.05, 0) is 37.8 Å². The van der Waals surface area contributed by atoms with Gasteiger partial charge in [0.2, 0.25) is 5.91 Å². The summed E-state index contributed by atoms with van der Waals surface area (Å²) in [6.45, 7) is 2.52. The normalized spacial score (nSPS) is 17.6. The number of imidazole rings is 1. The summed E-state index contributed by atoms with van der Waals surface area (Å²) in [6.07, 6.45) is 7.78. The summed E-state index contributed by atoms with van der Waals surface area (Å²) in [5, 5.41) is 3.53. The lowest BCUT2D eigenvalue weighted by atomic mass is 9.95. The molecule has 0 spiro atoms. The third-order valence-electron chi connectivity index (χ3n) is 6.17. The lowest BCUT2D eigenvalue weighted by Crippen LogP contribution is -2.38. The quantitative estimate of drug-likeness (QED) is 0.686. The number of aryl methyl sites for hydroxylation is 2. The van der Waals surface area contributed by atoms with Crippen molar-refractivity contribution >= 4 is 40.2 Å². The minimum absolute atomic E-state index is 0.0318. The summed E-state index contributed by atoms with van der Waals surface area (Å²) in [5.41, 5.74) is 2.51. The Bertz CT molecular complexity index is 1070. The molecule has 0 atom stereocenters. The topological polar surface area (TPSA) is 75.9 Å². The molecule has 1 fully saturated rings. The number of halogens is 1. The van der Waals surface area contributed by atoms with Gasteiger partial charge in [-0.2, -0.15) is 0 Å². The molecule has 2 aliphatic rings. The monoisotopic (exact) mass is 424 g/mol. The summed E-state index contributed by atoms with van der Waals surface area (Å²) in [5.74, 6) is 2.02. The smallest absolute Gasteiger partial charge is 0.227 e. The van der Waals surface area contributed by atoms with Gasteiger partial charge in [-0.3, -0.25) is 4.79 Å². The number of aromatic nitrogens is 4. The van der Waals surface area contributed by atoms with E-state index >= 15 is 0 Å². The number of rotatable bonds is 3. The number of hydrogen-bond donors (Lipinski definition) is 1. The van der Waals surface area contributed by atoms with Gasteiger partial charge in [0, 0.05) is 32.0 Å². The molecule has 1 amide bonds. The van der Waals surface area contributed by atoms with Crippen molar-refractivity contribution in [3.05, 3.63) is 41.4 Å². The Morgan fingerprint density at radius 2 is 1.90 bits per heavy atom. The van der Waals surface area contributed by atoms with Crippen LogP contribution in [0.2, 0.25) is 5.02 Å². The van der Waals surface area contributed by atoms with Gasteiger partial charge in [-0.15, -0.1) is 0 Å². The van der Waals surface area contributed by atoms with E-state index in [1.807, 2.05) is 18.2 Å². The maximum absolute atomic E-state index is 12.7. The fourth-order valence-electron chi connectivity index (χ4n) is 4.51. The Morgan fingerprint density at radius 3 is 2.73 bits per heavy atom. The van der Waals surface area contributed by atoms with Crippen molar-refractivity contribution in [1.29, 1.82) is 0 Å². The number of carbonyl (C=O) groups is 1. The molecule has 8 heteroatoms. The summed E-state index contributed by atoms with van der Waals surface area (Å²) < 4.78 is 2.26. The van der Waals surface area contributed by atoms with Gasteiger partial charge in [0.15, 0.2) is 17.0 Å². The molecular weight excluding hydrogens is 400 g/mol. The molecule has 2 aliphatic heterocycles. The zero-order valence-corrected chi connectivity index (χ0v) is 17.6. The molecule has 0 radical (unpaired) electrons. The number of nitrogens with zero attached hydrogens (tertiary/aromatic N) is 5. The third-order valence-corrected chi connectivity index (χ3v) is 6.50. The van der Waals surface area contributed by atoms with Crippen molar-refractivity contribution in [3.8, 4) is 0 Å². The zero-order chi connectivity index (χ0) is 20.5. The number of piperidine rings is 1. The molecule has 2 aromatic heterocycles. The molecule has 1 aromatic carbocycles. The number of nitrogens with one attached hydrogen (secondary N) is 1. The first-order chi connectivity index (χ1) is 14.7. The summed E-state index contributed by atoms with van der Waals surface area (Å²) >= 11 is 6.17. The minimum atomic E-state index is -0.0337. The van der Waals surface area contributed by atoms with Crippen LogP contribution in [0.25, 0.3) is 11.2 Å². The maximum atomic E-state index is 12.7. The average molecular weight is 425 g/mol. The predicted octanol–water partition coefficient (Wildman–Crippen LogP) is 4.06. The second-order valence-electron chi connectivity index (χ2n) is 8.09. The highest BCUT2D eigenvalue weighted by Gasteiger charge is 2.28. The first kappa shape index (κ1) is 19.3. The molecule has 0 saturated carbocycles.